The van der Waals surface area contributed by atoms with E-state index in [1.807, 2.05) is 5.57 Å². The average molecular weight is 260 g/mol. The molecule has 3 rings (SSSR count). The molecule has 108 valence electrons. The summed E-state index contributed by atoms with van der Waals surface area (Å²) in [6, 6.07) is 0. The van der Waals surface area contributed by atoms with E-state index in [-0.39, 0.29) is 0 Å². The molecule has 2 saturated carbocycles. The van der Waals surface area contributed by atoms with Crippen molar-refractivity contribution < 1.29 is 0 Å². The summed E-state index contributed by atoms with van der Waals surface area (Å²) in [6.45, 7) is 4.92. The number of rotatable bonds is 2. The first-order chi connectivity index (χ1) is 9.28. The zero-order chi connectivity index (χ0) is 13.2. The zero-order valence-electron chi connectivity index (χ0n) is 13.0. The Morgan fingerprint density at radius 2 is 1.84 bits per heavy atom. The van der Waals surface area contributed by atoms with Crippen LogP contribution in [0.5, 0.6) is 0 Å². The molecule has 0 radical (unpaired) electrons. The normalized spacial score (nSPS) is 43.5. The number of hydrogen-bond donors (Lipinski definition) is 0. The molecule has 3 unspecified atom stereocenters. The van der Waals surface area contributed by atoms with Crippen molar-refractivity contribution in [2.45, 2.75) is 78.1 Å². The quantitative estimate of drug-likeness (QED) is 0.536. The van der Waals surface area contributed by atoms with E-state index < -0.39 is 0 Å². The van der Waals surface area contributed by atoms with Gasteiger partial charge < -0.3 is 0 Å². The fraction of sp³-hybridized carbons (Fsp3) is 0.895. The second-order valence-electron chi connectivity index (χ2n) is 7.68. The molecule has 0 heteroatoms. The first-order valence-electron chi connectivity index (χ1n) is 8.96. The maximum Gasteiger partial charge on any atom is -0.0177 e. The van der Waals surface area contributed by atoms with Crippen molar-refractivity contribution in [3.63, 3.8) is 0 Å². The fourth-order valence-electron chi connectivity index (χ4n) is 5.30. The van der Waals surface area contributed by atoms with Gasteiger partial charge in [-0.05, 0) is 74.5 Å². The third-order valence-corrected chi connectivity index (χ3v) is 6.60. The summed E-state index contributed by atoms with van der Waals surface area (Å²) in [5.41, 5.74) is 1.87. The summed E-state index contributed by atoms with van der Waals surface area (Å²) in [5.74, 6) is 5.09. The van der Waals surface area contributed by atoms with E-state index in [1.54, 1.807) is 0 Å². The molecule has 19 heavy (non-hydrogen) atoms. The molecule has 0 bridgehead atoms. The standard InChI is InChI=1S/C19H32/c1-3-15-8-10-16(11-9-15)18-12-14(2)19-7-5-4-6-17(19)13-18/h6,14-16,18-19H,3-5,7-13H2,1-2H3. The highest BCUT2D eigenvalue weighted by atomic mass is 14.4. The summed E-state index contributed by atoms with van der Waals surface area (Å²) in [6.07, 6.45) is 17.5. The van der Waals surface area contributed by atoms with Crippen molar-refractivity contribution in [3.05, 3.63) is 11.6 Å². The highest BCUT2D eigenvalue weighted by molar-refractivity contribution is 5.15. The summed E-state index contributed by atoms with van der Waals surface area (Å²) in [7, 11) is 0. The van der Waals surface area contributed by atoms with Gasteiger partial charge in [0.25, 0.3) is 0 Å². The molecule has 0 amide bonds. The number of fused-ring (bicyclic) bond motifs is 1. The molecular formula is C19H32. The van der Waals surface area contributed by atoms with E-state index in [0.717, 1.165) is 29.6 Å². The van der Waals surface area contributed by atoms with Gasteiger partial charge in [-0.15, -0.1) is 0 Å². The van der Waals surface area contributed by atoms with E-state index >= 15 is 0 Å². The lowest BCUT2D eigenvalue weighted by Crippen LogP contribution is -2.32. The highest BCUT2D eigenvalue weighted by Gasteiger charge is 2.36. The lowest BCUT2D eigenvalue weighted by atomic mass is 9.62. The summed E-state index contributed by atoms with van der Waals surface area (Å²) in [4.78, 5) is 0. The predicted molar refractivity (Wildman–Crippen MR) is 83.1 cm³/mol. The molecule has 0 N–H and O–H groups in total. The minimum absolute atomic E-state index is 0.967. The molecule has 3 aliphatic carbocycles. The topological polar surface area (TPSA) is 0 Å². The van der Waals surface area contributed by atoms with Crippen molar-refractivity contribution in [1.29, 1.82) is 0 Å². The van der Waals surface area contributed by atoms with Crippen LogP contribution in [-0.4, -0.2) is 0 Å². The van der Waals surface area contributed by atoms with Crippen molar-refractivity contribution in [3.8, 4) is 0 Å². The lowest BCUT2D eigenvalue weighted by molar-refractivity contribution is 0.136. The smallest absolute Gasteiger partial charge is 0.0177 e. The van der Waals surface area contributed by atoms with Crippen LogP contribution in [0.3, 0.4) is 0 Å². The molecule has 0 aromatic rings. The van der Waals surface area contributed by atoms with Crippen LogP contribution in [-0.2, 0) is 0 Å². The number of hydrogen-bond acceptors (Lipinski definition) is 0. The molecule has 3 atom stereocenters. The van der Waals surface area contributed by atoms with Gasteiger partial charge in [-0.3, -0.25) is 0 Å². The molecule has 0 spiro atoms. The molecule has 0 heterocycles. The Hall–Kier alpha value is -0.260. The van der Waals surface area contributed by atoms with Crippen molar-refractivity contribution in [1.82, 2.24) is 0 Å². The molecule has 0 nitrogen and oxygen atoms in total. The Balaban J connectivity index is 1.62. The molecule has 0 saturated heterocycles. The lowest BCUT2D eigenvalue weighted by Gasteiger charge is -2.43. The Morgan fingerprint density at radius 3 is 2.58 bits per heavy atom. The Morgan fingerprint density at radius 1 is 1.05 bits per heavy atom. The van der Waals surface area contributed by atoms with Crippen LogP contribution in [0.15, 0.2) is 11.6 Å². The van der Waals surface area contributed by atoms with Gasteiger partial charge in [-0.2, -0.15) is 0 Å². The monoisotopic (exact) mass is 260 g/mol. The van der Waals surface area contributed by atoms with Gasteiger partial charge in [0, 0.05) is 0 Å². The number of allylic oxidation sites excluding steroid dienone is 2. The van der Waals surface area contributed by atoms with Crippen molar-refractivity contribution in [2.75, 3.05) is 0 Å². The van der Waals surface area contributed by atoms with Gasteiger partial charge in [0.15, 0.2) is 0 Å². The van der Waals surface area contributed by atoms with Gasteiger partial charge in [0.05, 0.1) is 0 Å². The SMILES string of the molecule is CCC1CCC(C2CC3=CCCCC3C(C)C2)CC1. The third kappa shape index (κ3) is 2.93. The van der Waals surface area contributed by atoms with Gasteiger partial charge in [-0.25, -0.2) is 0 Å². The summed E-state index contributed by atoms with van der Waals surface area (Å²) in [5, 5.41) is 0. The zero-order valence-corrected chi connectivity index (χ0v) is 13.0. The van der Waals surface area contributed by atoms with E-state index in [9.17, 15) is 0 Å². The second kappa shape index (κ2) is 6.02. The largest absolute Gasteiger partial charge is 0.0850 e. The van der Waals surface area contributed by atoms with Crippen LogP contribution in [0.4, 0.5) is 0 Å². The Bertz CT molecular complexity index is 319. The molecular weight excluding hydrogens is 228 g/mol. The fourth-order valence-corrected chi connectivity index (χ4v) is 5.30. The third-order valence-electron chi connectivity index (χ3n) is 6.60. The summed E-state index contributed by atoms with van der Waals surface area (Å²) >= 11 is 0. The predicted octanol–water partition coefficient (Wildman–Crippen LogP) is 5.98. The molecule has 0 aliphatic heterocycles. The molecule has 3 aliphatic rings. The van der Waals surface area contributed by atoms with Crippen molar-refractivity contribution >= 4 is 0 Å². The second-order valence-corrected chi connectivity index (χ2v) is 7.68. The van der Waals surface area contributed by atoms with Crippen LogP contribution < -0.4 is 0 Å². The summed E-state index contributed by atoms with van der Waals surface area (Å²) < 4.78 is 0. The average Bonchev–Trinajstić information content (AvgIpc) is 2.47. The molecule has 0 aromatic carbocycles. The maximum absolute atomic E-state index is 2.62. The first-order valence-corrected chi connectivity index (χ1v) is 8.96. The Kier molecular flexibility index (Phi) is 4.34. The maximum atomic E-state index is 2.62. The van der Waals surface area contributed by atoms with Gasteiger partial charge in [-0.1, -0.05) is 44.8 Å². The first kappa shape index (κ1) is 13.7. The molecule has 0 aromatic heterocycles. The van der Waals surface area contributed by atoms with E-state index in [0.29, 0.717) is 0 Å². The van der Waals surface area contributed by atoms with E-state index in [2.05, 4.69) is 19.9 Å². The van der Waals surface area contributed by atoms with Crippen LogP contribution >= 0.6 is 0 Å². The minimum Gasteiger partial charge on any atom is -0.0850 e. The van der Waals surface area contributed by atoms with Crippen LogP contribution in [0.1, 0.15) is 78.1 Å². The van der Waals surface area contributed by atoms with Gasteiger partial charge >= 0.3 is 0 Å². The van der Waals surface area contributed by atoms with Gasteiger partial charge in [0.2, 0.25) is 0 Å². The van der Waals surface area contributed by atoms with E-state index in [4.69, 9.17) is 0 Å². The van der Waals surface area contributed by atoms with Crippen LogP contribution in [0.25, 0.3) is 0 Å². The highest BCUT2D eigenvalue weighted by Crippen LogP contribution is 2.48. The van der Waals surface area contributed by atoms with E-state index in [1.165, 1.54) is 64.2 Å². The van der Waals surface area contributed by atoms with Crippen LogP contribution in [0.2, 0.25) is 0 Å². The minimum atomic E-state index is 0.967. The molecule has 2 fully saturated rings. The Labute approximate surface area is 120 Å². The van der Waals surface area contributed by atoms with Gasteiger partial charge in [0.1, 0.15) is 0 Å². The van der Waals surface area contributed by atoms with Crippen molar-refractivity contribution in [2.24, 2.45) is 29.6 Å². The van der Waals surface area contributed by atoms with Crippen LogP contribution in [0, 0.1) is 29.6 Å².